The average molecular weight is 617 g/mol. The van der Waals surface area contributed by atoms with Crippen molar-refractivity contribution in [3.05, 3.63) is 71.1 Å². The summed E-state index contributed by atoms with van der Waals surface area (Å²) in [6.45, 7) is 6.36. The van der Waals surface area contributed by atoms with Crippen molar-refractivity contribution >= 4 is 29.2 Å². The smallest absolute Gasteiger partial charge is 0.323 e. The van der Waals surface area contributed by atoms with Gasteiger partial charge in [0.05, 0.1) is 24.1 Å². The summed E-state index contributed by atoms with van der Waals surface area (Å²) in [5, 5.41) is 12.5. The van der Waals surface area contributed by atoms with Gasteiger partial charge in [-0.1, -0.05) is 35.5 Å². The van der Waals surface area contributed by atoms with E-state index in [1.807, 2.05) is 18.2 Å². The molecule has 2 saturated heterocycles. The van der Waals surface area contributed by atoms with Gasteiger partial charge in [0.1, 0.15) is 29.8 Å². The second-order valence-corrected chi connectivity index (χ2v) is 12.1. The first-order valence-corrected chi connectivity index (χ1v) is 15.5. The van der Waals surface area contributed by atoms with Crippen LogP contribution in [-0.4, -0.2) is 83.8 Å². The molecule has 3 N–H and O–H groups in total. The number of urea groups is 1. The van der Waals surface area contributed by atoms with Crippen molar-refractivity contribution in [1.82, 2.24) is 20.3 Å². The first-order chi connectivity index (χ1) is 21.7. The number of carbonyl (C=O) groups is 3. The maximum atomic E-state index is 13.6. The van der Waals surface area contributed by atoms with Gasteiger partial charge in [-0.3, -0.25) is 14.5 Å². The average Bonchev–Trinajstić information content (AvgIpc) is 3.60. The van der Waals surface area contributed by atoms with Crippen molar-refractivity contribution in [2.45, 2.75) is 70.4 Å². The third kappa shape index (κ3) is 7.12. The number of aryl methyl sites for hydroxylation is 2. The molecule has 238 valence electrons. The van der Waals surface area contributed by atoms with Crippen LogP contribution in [0, 0.1) is 13.8 Å². The van der Waals surface area contributed by atoms with Crippen LogP contribution in [0.5, 0.6) is 5.75 Å². The van der Waals surface area contributed by atoms with Gasteiger partial charge in [0.25, 0.3) is 5.91 Å². The van der Waals surface area contributed by atoms with Gasteiger partial charge in [0.15, 0.2) is 5.76 Å². The molecule has 0 saturated carbocycles. The zero-order valence-corrected chi connectivity index (χ0v) is 25.9. The number of anilines is 2. The first-order valence-electron chi connectivity index (χ1n) is 15.5. The molecule has 0 unspecified atom stereocenters. The summed E-state index contributed by atoms with van der Waals surface area (Å²) < 4.78 is 17.6. The summed E-state index contributed by atoms with van der Waals surface area (Å²) in [6, 6.07) is 14.8. The number of rotatable bonds is 7. The Bertz CT molecular complexity index is 1520. The number of hydrogen-bond acceptors (Lipinski definition) is 8. The van der Waals surface area contributed by atoms with Crippen LogP contribution in [0.1, 0.15) is 53.1 Å². The molecule has 6 rings (SSSR count). The molecule has 4 amide bonds. The van der Waals surface area contributed by atoms with Crippen LogP contribution in [-0.2, 0) is 16.1 Å². The quantitative estimate of drug-likeness (QED) is 0.361. The Balaban J connectivity index is 1.02. The molecule has 4 atom stereocenters. The van der Waals surface area contributed by atoms with E-state index in [0.717, 1.165) is 26.1 Å². The third-order valence-electron chi connectivity index (χ3n) is 8.84. The van der Waals surface area contributed by atoms with Crippen molar-refractivity contribution in [3.8, 4) is 5.75 Å². The summed E-state index contributed by atoms with van der Waals surface area (Å²) in [5.41, 5.74) is 3.14. The molecular formula is C33H40N6O6. The van der Waals surface area contributed by atoms with E-state index in [1.54, 1.807) is 44.0 Å². The highest BCUT2D eigenvalue weighted by atomic mass is 16.5. The molecule has 3 aliphatic rings. The number of benzene rings is 2. The summed E-state index contributed by atoms with van der Waals surface area (Å²) in [6.07, 6.45) is 1.94. The third-order valence-corrected chi connectivity index (χ3v) is 8.84. The molecule has 3 aromatic rings. The molecule has 0 aliphatic carbocycles. The van der Waals surface area contributed by atoms with Gasteiger partial charge < -0.3 is 34.8 Å². The highest BCUT2D eigenvalue weighted by Gasteiger charge is 2.39. The van der Waals surface area contributed by atoms with Crippen molar-refractivity contribution in [1.29, 1.82) is 0 Å². The Labute approximate surface area is 262 Å². The number of nitrogens with one attached hydrogen (secondary N) is 3. The number of ether oxygens (including phenoxy) is 2. The molecule has 0 spiro atoms. The van der Waals surface area contributed by atoms with E-state index >= 15 is 0 Å². The molecule has 2 aromatic carbocycles. The molecule has 0 radical (unpaired) electrons. The normalized spacial score (nSPS) is 23.3. The fraction of sp³-hybridized carbons (Fsp3) is 0.455. The number of hydrogen-bond donors (Lipinski definition) is 3. The van der Waals surface area contributed by atoms with E-state index in [1.165, 1.54) is 5.56 Å². The molecule has 12 nitrogen and oxygen atoms in total. The minimum atomic E-state index is -0.481. The van der Waals surface area contributed by atoms with E-state index in [0.29, 0.717) is 47.0 Å². The summed E-state index contributed by atoms with van der Waals surface area (Å²) >= 11 is 0. The Hall–Kier alpha value is -4.42. The lowest BCUT2D eigenvalue weighted by molar-refractivity contribution is -0.134. The van der Waals surface area contributed by atoms with Crippen molar-refractivity contribution in [2.24, 2.45) is 0 Å². The Kier molecular flexibility index (Phi) is 9.04. The standard InChI is InChI=1S/C33H40N6O6/c1-20-31(21(2)45-37-20)36-33(42)35-23-9-12-28-26(15-23)32(41)38(3)27-11-10-25(44-29(27)19-43-28)16-30(40)34-24-13-14-39(18-24)17-22-7-5-4-6-8-22/h4-9,12,15,24-25,27,29H,10-11,13-14,16-19H2,1-3H3,(H,34,40)(H2,35,36,42)/t24-,25-,27-,29+/m0/s1. The predicted molar refractivity (Wildman–Crippen MR) is 167 cm³/mol. The summed E-state index contributed by atoms with van der Waals surface area (Å²) in [5.74, 6) is 0.671. The monoisotopic (exact) mass is 616 g/mol. The summed E-state index contributed by atoms with van der Waals surface area (Å²) in [4.78, 5) is 43.3. The molecule has 2 fully saturated rings. The minimum absolute atomic E-state index is 0.00929. The van der Waals surface area contributed by atoms with Crippen LogP contribution in [0.15, 0.2) is 53.1 Å². The second kappa shape index (κ2) is 13.3. The SMILES string of the molecule is Cc1noc(C)c1NC(=O)Nc1ccc2c(c1)C(=O)N(C)[C@H]1CC[C@@H](CC(=O)N[C@H]3CCN(Cc4ccccc4)C3)O[C@@H]1CO2. The van der Waals surface area contributed by atoms with Crippen molar-refractivity contribution in [3.63, 3.8) is 0 Å². The van der Waals surface area contributed by atoms with Gasteiger partial charge in [0.2, 0.25) is 5.91 Å². The first kappa shape index (κ1) is 30.6. The number of amides is 4. The molecule has 4 heterocycles. The number of aromatic nitrogens is 1. The Morgan fingerprint density at radius 1 is 1.04 bits per heavy atom. The fourth-order valence-electron chi connectivity index (χ4n) is 6.47. The van der Waals surface area contributed by atoms with Crippen LogP contribution >= 0.6 is 0 Å². The Morgan fingerprint density at radius 3 is 2.64 bits per heavy atom. The topological polar surface area (TPSA) is 138 Å². The molecule has 0 bridgehead atoms. The zero-order chi connectivity index (χ0) is 31.5. The van der Waals surface area contributed by atoms with Crippen LogP contribution in [0.2, 0.25) is 0 Å². The number of carbonyl (C=O) groups excluding carboxylic acids is 3. The highest BCUT2D eigenvalue weighted by molar-refractivity contribution is 6.03. The second-order valence-electron chi connectivity index (χ2n) is 12.1. The number of fused-ring (bicyclic) bond motifs is 2. The number of likely N-dealkylation sites (N-methyl/N-ethyl adjacent to an activating group) is 1. The molecule has 3 aliphatic heterocycles. The zero-order valence-electron chi connectivity index (χ0n) is 25.9. The van der Waals surface area contributed by atoms with E-state index in [-0.39, 0.29) is 49.1 Å². The lowest BCUT2D eigenvalue weighted by Crippen LogP contribution is -2.54. The van der Waals surface area contributed by atoms with Gasteiger partial charge in [-0.2, -0.15) is 0 Å². The van der Waals surface area contributed by atoms with E-state index in [9.17, 15) is 14.4 Å². The predicted octanol–water partition coefficient (Wildman–Crippen LogP) is 4.10. The largest absolute Gasteiger partial charge is 0.490 e. The molecule has 12 heteroatoms. The maximum Gasteiger partial charge on any atom is 0.323 e. The van der Waals surface area contributed by atoms with Crippen LogP contribution < -0.4 is 20.7 Å². The van der Waals surface area contributed by atoms with Gasteiger partial charge in [0, 0.05) is 38.4 Å². The van der Waals surface area contributed by atoms with Crippen molar-refractivity contribution in [2.75, 3.05) is 37.4 Å². The van der Waals surface area contributed by atoms with Gasteiger partial charge in [-0.25, -0.2) is 4.79 Å². The van der Waals surface area contributed by atoms with Crippen LogP contribution in [0.25, 0.3) is 0 Å². The van der Waals surface area contributed by atoms with E-state index in [2.05, 4.69) is 38.1 Å². The van der Waals surface area contributed by atoms with E-state index < -0.39 is 6.03 Å². The molecule has 45 heavy (non-hydrogen) atoms. The lowest BCUT2D eigenvalue weighted by Gasteiger charge is -2.42. The minimum Gasteiger partial charge on any atom is -0.490 e. The molecule has 1 aromatic heterocycles. The van der Waals surface area contributed by atoms with E-state index in [4.69, 9.17) is 14.0 Å². The number of nitrogens with zero attached hydrogens (tertiary/aromatic N) is 3. The van der Waals surface area contributed by atoms with Crippen LogP contribution in [0.3, 0.4) is 0 Å². The molecular weight excluding hydrogens is 576 g/mol. The lowest BCUT2D eigenvalue weighted by atomic mass is 9.94. The maximum absolute atomic E-state index is 13.6. The van der Waals surface area contributed by atoms with Crippen LogP contribution in [0.4, 0.5) is 16.2 Å². The number of likely N-dealkylation sites (tertiary alicyclic amines) is 1. The highest BCUT2D eigenvalue weighted by Crippen LogP contribution is 2.33. The fourth-order valence-corrected chi connectivity index (χ4v) is 6.47. The summed E-state index contributed by atoms with van der Waals surface area (Å²) in [7, 11) is 1.76. The van der Waals surface area contributed by atoms with Gasteiger partial charge in [-0.15, -0.1) is 0 Å². The van der Waals surface area contributed by atoms with Gasteiger partial charge >= 0.3 is 6.03 Å². The van der Waals surface area contributed by atoms with Crippen molar-refractivity contribution < 1.29 is 28.4 Å². The van der Waals surface area contributed by atoms with Gasteiger partial charge in [-0.05, 0) is 56.9 Å². The Morgan fingerprint density at radius 2 is 1.87 bits per heavy atom.